The van der Waals surface area contributed by atoms with Crippen molar-refractivity contribution in [2.75, 3.05) is 5.32 Å². The van der Waals surface area contributed by atoms with E-state index in [0.717, 1.165) is 10.1 Å². The number of hydrogen-bond donors (Lipinski definition) is 3. The first-order chi connectivity index (χ1) is 12.0. The Hall–Kier alpha value is -2.62. The van der Waals surface area contributed by atoms with Crippen LogP contribution in [0.3, 0.4) is 0 Å². The van der Waals surface area contributed by atoms with E-state index in [1.54, 1.807) is 29.5 Å². The second-order valence-corrected chi connectivity index (χ2v) is 7.60. The number of fused-ring (bicyclic) bond motifs is 1. The zero-order valence-corrected chi connectivity index (χ0v) is 14.5. The van der Waals surface area contributed by atoms with E-state index < -0.39 is 5.60 Å². The molecule has 4 rings (SSSR count). The summed E-state index contributed by atoms with van der Waals surface area (Å²) >= 11 is 1.57. The molecule has 3 aromatic rings. The monoisotopic (exact) mass is 351 g/mol. The van der Waals surface area contributed by atoms with Crippen LogP contribution in [0.5, 0.6) is 5.75 Å². The van der Waals surface area contributed by atoms with Crippen LogP contribution in [0, 0.1) is 12.3 Å². The van der Waals surface area contributed by atoms with Crippen molar-refractivity contribution in [1.29, 1.82) is 0 Å². The summed E-state index contributed by atoms with van der Waals surface area (Å²) in [4.78, 5) is 0. The van der Waals surface area contributed by atoms with Crippen molar-refractivity contribution in [2.24, 2.45) is 0 Å². The molecule has 0 saturated heterocycles. The van der Waals surface area contributed by atoms with Crippen molar-refractivity contribution in [2.45, 2.75) is 31.4 Å². The third kappa shape index (κ3) is 2.82. The fourth-order valence-corrected chi connectivity index (χ4v) is 4.13. The smallest absolute Gasteiger partial charge is 0.166 e. The second kappa shape index (κ2) is 5.73. The van der Waals surface area contributed by atoms with Crippen molar-refractivity contribution in [3.63, 3.8) is 0 Å². The topological polar surface area (TPSA) is 78.3 Å². The number of aromatic hydroxyl groups is 1. The molecule has 0 atom stereocenters. The Bertz CT molecular complexity index is 996. The maximum absolute atomic E-state index is 10.3. The van der Waals surface area contributed by atoms with Gasteiger partial charge < -0.3 is 15.5 Å². The van der Waals surface area contributed by atoms with Crippen LogP contribution in [0.15, 0.2) is 29.6 Å². The van der Waals surface area contributed by atoms with E-state index in [0.29, 0.717) is 35.5 Å². The molecule has 3 N–H and O–H groups in total. The molecule has 0 amide bonds. The Labute approximate surface area is 149 Å². The summed E-state index contributed by atoms with van der Waals surface area (Å²) in [6, 6.07) is 7.27. The molecule has 0 aliphatic heterocycles. The predicted molar refractivity (Wildman–Crippen MR) is 99.7 cm³/mol. The van der Waals surface area contributed by atoms with Crippen molar-refractivity contribution in [1.82, 2.24) is 10.2 Å². The van der Waals surface area contributed by atoms with Gasteiger partial charge in [0.2, 0.25) is 0 Å². The number of benzene rings is 1. The number of thiophene rings is 1. The Morgan fingerprint density at radius 3 is 2.80 bits per heavy atom. The molecule has 2 heterocycles. The molecule has 6 heteroatoms. The van der Waals surface area contributed by atoms with Crippen molar-refractivity contribution in [3.8, 4) is 29.4 Å². The van der Waals surface area contributed by atoms with E-state index in [4.69, 9.17) is 6.42 Å². The maximum atomic E-state index is 10.3. The van der Waals surface area contributed by atoms with Crippen LogP contribution < -0.4 is 5.32 Å². The Morgan fingerprint density at radius 1 is 1.32 bits per heavy atom. The minimum absolute atomic E-state index is 0.0907. The fraction of sp³-hybridized carbons (Fsp3) is 0.263. The molecule has 126 valence electrons. The van der Waals surface area contributed by atoms with Gasteiger partial charge in [-0.2, -0.15) is 0 Å². The van der Waals surface area contributed by atoms with E-state index in [9.17, 15) is 10.2 Å². The van der Waals surface area contributed by atoms with Gasteiger partial charge in [-0.05, 0) is 49.4 Å². The Balaban J connectivity index is 1.72. The standard InChI is InChI=1S/C19H17N3O2S/c1-3-11-4-5-13(15(23)8-11)16-14-6-7-25-17(14)18(22-21-16)20-12-9-19(2,24)10-12/h1,4-8,12,23-24H,9-10H2,2H3,(H,20,22). The number of anilines is 1. The summed E-state index contributed by atoms with van der Waals surface area (Å²) < 4.78 is 0.983. The van der Waals surface area contributed by atoms with E-state index in [1.807, 2.05) is 18.4 Å². The molecule has 1 fully saturated rings. The highest BCUT2D eigenvalue weighted by Crippen LogP contribution is 2.39. The third-order valence-electron chi connectivity index (χ3n) is 4.52. The molecule has 0 unspecified atom stereocenters. The van der Waals surface area contributed by atoms with Gasteiger partial charge in [0.1, 0.15) is 11.4 Å². The largest absolute Gasteiger partial charge is 0.507 e. The lowest BCUT2D eigenvalue weighted by Gasteiger charge is -2.41. The lowest BCUT2D eigenvalue weighted by Crippen LogP contribution is -2.48. The number of nitrogens with zero attached hydrogens (tertiary/aromatic N) is 2. The molecule has 0 radical (unpaired) electrons. The molecular weight excluding hydrogens is 334 g/mol. The van der Waals surface area contributed by atoms with Crippen LogP contribution >= 0.6 is 11.3 Å². The van der Waals surface area contributed by atoms with E-state index in [-0.39, 0.29) is 11.8 Å². The number of hydrogen-bond acceptors (Lipinski definition) is 6. The lowest BCUT2D eigenvalue weighted by atomic mass is 9.77. The van der Waals surface area contributed by atoms with Crippen molar-refractivity contribution < 1.29 is 10.2 Å². The van der Waals surface area contributed by atoms with E-state index in [2.05, 4.69) is 21.4 Å². The number of aromatic nitrogens is 2. The third-order valence-corrected chi connectivity index (χ3v) is 5.44. The molecule has 2 aromatic heterocycles. The normalized spacial score (nSPS) is 22.4. The van der Waals surface area contributed by atoms with Gasteiger partial charge in [0.25, 0.3) is 0 Å². The van der Waals surface area contributed by atoms with Crippen molar-refractivity contribution in [3.05, 3.63) is 35.2 Å². The minimum atomic E-state index is -0.593. The number of phenols is 1. The van der Waals surface area contributed by atoms with Crippen LogP contribution in [-0.4, -0.2) is 32.1 Å². The predicted octanol–water partition coefficient (Wildman–Crippen LogP) is 3.37. The van der Waals surface area contributed by atoms with Gasteiger partial charge in [0.15, 0.2) is 5.82 Å². The number of rotatable bonds is 3. The number of terminal acetylenes is 1. The van der Waals surface area contributed by atoms with Gasteiger partial charge in [-0.25, -0.2) is 0 Å². The zero-order chi connectivity index (χ0) is 17.6. The average Bonchev–Trinajstić information content (AvgIpc) is 3.04. The first kappa shape index (κ1) is 15.9. The van der Waals surface area contributed by atoms with Gasteiger partial charge in [-0.3, -0.25) is 0 Å². The first-order valence-electron chi connectivity index (χ1n) is 8.00. The van der Waals surface area contributed by atoms with Gasteiger partial charge in [-0.1, -0.05) is 5.92 Å². The number of aliphatic hydroxyl groups is 1. The van der Waals surface area contributed by atoms with Crippen LogP contribution in [0.1, 0.15) is 25.3 Å². The highest BCUT2D eigenvalue weighted by Gasteiger charge is 2.38. The maximum Gasteiger partial charge on any atom is 0.166 e. The molecule has 1 aromatic carbocycles. The van der Waals surface area contributed by atoms with Crippen LogP contribution in [-0.2, 0) is 0 Å². The molecule has 25 heavy (non-hydrogen) atoms. The van der Waals surface area contributed by atoms with Gasteiger partial charge in [0.05, 0.1) is 10.3 Å². The molecule has 1 saturated carbocycles. The molecule has 1 aliphatic carbocycles. The van der Waals surface area contributed by atoms with E-state index >= 15 is 0 Å². The lowest BCUT2D eigenvalue weighted by molar-refractivity contribution is -0.0235. The van der Waals surface area contributed by atoms with Crippen LogP contribution in [0.4, 0.5) is 5.82 Å². The van der Waals surface area contributed by atoms with Gasteiger partial charge in [-0.15, -0.1) is 28.0 Å². The summed E-state index contributed by atoms with van der Waals surface area (Å²) in [5.41, 5.74) is 1.26. The minimum Gasteiger partial charge on any atom is -0.507 e. The molecule has 5 nitrogen and oxygen atoms in total. The van der Waals surface area contributed by atoms with Gasteiger partial charge in [0, 0.05) is 22.6 Å². The SMILES string of the molecule is C#Cc1ccc(-c2nnc(NC3CC(C)(O)C3)c3sccc23)c(O)c1. The second-order valence-electron chi connectivity index (χ2n) is 6.68. The van der Waals surface area contributed by atoms with E-state index in [1.165, 1.54) is 0 Å². The first-order valence-corrected chi connectivity index (χ1v) is 8.87. The summed E-state index contributed by atoms with van der Waals surface area (Å²) in [6.07, 6.45) is 6.76. The average molecular weight is 351 g/mol. The number of nitrogens with one attached hydrogen (secondary N) is 1. The summed E-state index contributed by atoms with van der Waals surface area (Å²) in [5, 5.41) is 35.1. The fourth-order valence-electron chi connectivity index (χ4n) is 3.29. The Kier molecular flexibility index (Phi) is 3.64. The number of phenolic OH excluding ortho intramolecular Hbond substituents is 1. The summed E-state index contributed by atoms with van der Waals surface area (Å²) in [7, 11) is 0. The zero-order valence-electron chi connectivity index (χ0n) is 13.7. The highest BCUT2D eigenvalue weighted by atomic mass is 32.1. The van der Waals surface area contributed by atoms with Gasteiger partial charge >= 0.3 is 0 Å². The molecule has 0 spiro atoms. The molecular formula is C19H17N3O2S. The molecule has 1 aliphatic rings. The Morgan fingerprint density at radius 2 is 2.12 bits per heavy atom. The highest BCUT2D eigenvalue weighted by molar-refractivity contribution is 7.17. The quantitative estimate of drug-likeness (QED) is 0.631. The van der Waals surface area contributed by atoms with Crippen molar-refractivity contribution >= 4 is 27.2 Å². The summed E-state index contributed by atoms with van der Waals surface area (Å²) in [6.45, 7) is 1.84. The van der Waals surface area contributed by atoms with Crippen LogP contribution in [0.2, 0.25) is 0 Å². The summed E-state index contributed by atoms with van der Waals surface area (Å²) in [5.74, 6) is 3.31. The van der Waals surface area contributed by atoms with Crippen LogP contribution in [0.25, 0.3) is 21.3 Å². The molecule has 0 bridgehead atoms.